The first-order valence-electron chi connectivity index (χ1n) is 24.5. The van der Waals surface area contributed by atoms with Crippen molar-refractivity contribution in [1.82, 2.24) is 5.32 Å². The molecule has 0 aromatic heterocycles. The molecule has 69 heavy (non-hydrogen) atoms. The lowest BCUT2D eigenvalue weighted by Crippen LogP contribution is -2.28. The van der Waals surface area contributed by atoms with Gasteiger partial charge in [0.15, 0.2) is 5.71 Å². The fourth-order valence-electron chi connectivity index (χ4n) is 9.48. The van der Waals surface area contributed by atoms with Crippen molar-refractivity contribution in [2.75, 3.05) is 56.7 Å². The van der Waals surface area contributed by atoms with Crippen LogP contribution in [0.5, 0.6) is 5.75 Å². The van der Waals surface area contributed by atoms with Gasteiger partial charge in [0.2, 0.25) is 11.6 Å². The number of unbranched alkanes of at least 4 members (excludes halogenated alkanes) is 4. The standard InChI is InChI=1S/C54H71N3O10S2/c1-6-7-36-65-38-39-66-37-33-55-51(58)24-9-8-14-34-56-47-22-12-10-20-45(47)53(2,3)49(56)31-25-41-18-17-19-42(52(41)67-43-27-29-44(30-28-43)69(62,63)64)26-32-50-54(4,5)46-21-11-13-23-48(46)57(50)35-15-16-40-68(59,60)61/h10-13,20-23,25-32H,6-9,14-19,24,33-40H2,1-5H3,(H2-,55,58,59,60,61,62,63,64)/p+1. The molecule has 0 fully saturated rings. The first-order valence-corrected chi connectivity index (χ1v) is 27.5. The Hall–Kier alpha value is -4.90. The van der Waals surface area contributed by atoms with Gasteiger partial charge in [-0.3, -0.25) is 13.9 Å². The first-order chi connectivity index (χ1) is 32.9. The molecule has 0 radical (unpaired) electrons. The van der Waals surface area contributed by atoms with Crippen LogP contribution in [0, 0.1) is 0 Å². The zero-order chi connectivity index (χ0) is 49.7. The smallest absolute Gasteiger partial charge is 0.294 e. The summed E-state index contributed by atoms with van der Waals surface area (Å²) in [6.07, 6.45) is 17.0. The highest BCUT2D eigenvalue weighted by Gasteiger charge is 2.44. The van der Waals surface area contributed by atoms with Gasteiger partial charge in [0.1, 0.15) is 18.1 Å². The van der Waals surface area contributed by atoms with Crippen LogP contribution in [-0.4, -0.2) is 94.0 Å². The highest BCUT2D eigenvalue weighted by molar-refractivity contribution is 7.86. The third-order valence-electron chi connectivity index (χ3n) is 13.2. The van der Waals surface area contributed by atoms with E-state index in [1.165, 1.54) is 23.4 Å². The molecule has 0 bridgehead atoms. The van der Waals surface area contributed by atoms with Gasteiger partial charge in [0.05, 0.1) is 35.9 Å². The van der Waals surface area contributed by atoms with E-state index in [1.54, 1.807) is 12.1 Å². The Bertz CT molecular complexity index is 2650. The van der Waals surface area contributed by atoms with Gasteiger partial charge in [0.25, 0.3) is 20.2 Å². The van der Waals surface area contributed by atoms with E-state index in [9.17, 15) is 30.7 Å². The third kappa shape index (κ3) is 14.4. The van der Waals surface area contributed by atoms with Gasteiger partial charge in [-0.05, 0) is 124 Å². The predicted octanol–water partition coefficient (Wildman–Crippen LogP) is 10.2. The van der Waals surface area contributed by atoms with Crippen LogP contribution >= 0.6 is 0 Å². The molecule has 3 aliphatic rings. The minimum Gasteiger partial charge on any atom is -0.457 e. The molecule has 0 saturated heterocycles. The normalized spacial score (nSPS) is 17.9. The van der Waals surface area contributed by atoms with E-state index in [2.05, 4.69) is 110 Å². The predicted molar refractivity (Wildman–Crippen MR) is 273 cm³/mol. The van der Waals surface area contributed by atoms with Crippen LogP contribution < -0.4 is 15.0 Å². The molecule has 374 valence electrons. The number of fused-ring (bicyclic) bond motifs is 2. The molecular weight excluding hydrogens is 915 g/mol. The number of carbonyl (C=O) groups is 1. The highest BCUT2D eigenvalue weighted by Crippen LogP contribution is 2.48. The molecule has 2 heterocycles. The van der Waals surface area contributed by atoms with Crippen molar-refractivity contribution in [3.05, 3.63) is 131 Å². The quantitative estimate of drug-likeness (QED) is 0.0397. The first kappa shape index (κ1) is 53.5. The Kier molecular flexibility index (Phi) is 18.8. The summed E-state index contributed by atoms with van der Waals surface area (Å²) in [6, 6.07) is 22.5. The fourth-order valence-corrected chi connectivity index (χ4v) is 10.5. The minimum absolute atomic E-state index is 0.0292. The number of ether oxygens (including phenoxy) is 3. The van der Waals surface area contributed by atoms with Crippen molar-refractivity contribution in [2.45, 2.75) is 121 Å². The molecule has 1 aliphatic carbocycles. The molecule has 15 heteroatoms. The van der Waals surface area contributed by atoms with Gasteiger partial charge in [-0.15, -0.1) is 0 Å². The van der Waals surface area contributed by atoms with Crippen LogP contribution in [0.1, 0.15) is 116 Å². The number of anilines is 1. The number of nitrogens with one attached hydrogen (secondary N) is 1. The van der Waals surface area contributed by atoms with Crippen molar-refractivity contribution in [3.8, 4) is 5.75 Å². The monoisotopic (exact) mass is 986 g/mol. The van der Waals surface area contributed by atoms with Gasteiger partial charge in [-0.2, -0.15) is 21.4 Å². The van der Waals surface area contributed by atoms with E-state index >= 15 is 0 Å². The van der Waals surface area contributed by atoms with E-state index in [1.807, 2.05) is 12.1 Å². The van der Waals surface area contributed by atoms with Crippen LogP contribution in [0.15, 0.2) is 125 Å². The molecule has 3 aromatic rings. The van der Waals surface area contributed by atoms with E-state index in [-0.39, 0.29) is 27.4 Å². The van der Waals surface area contributed by atoms with Crippen LogP contribution in [-0.2, 0) is 45.3 Å². The van der Waals surface area contributed by atoms with Gasteiger partial charge >= 0.3 is 0 Å². The second-order valence-corrected chi connectivity index (χ2v) is 22.0. The maximum Gasteiger partial charge on any atom is 0.294 e. The molecule has 0 atom stereocenters. The summed E-state index contributed by atoms with van der Waals surface area (Å²) in [5, 5.41) is 2.97. The van der Waals surface area contributed by atoms with Gasteiger partial charge in [-0.25, -0.2) is 0 Å². The number of benzene rings is 3. The number of allylic oxidation sites excluding steroid dienone is 7. The van der Waals surface area contributed by atoms with Crippen molar-refractivity contribution >= 4 is 43.2 Å². The molecule has 0 unspecified atom stereocenters. The van der Waals surface area contributed by atoms with E-state index < -0.39 is 20.2 Å². The lowest BCUT2D eigenvalue weighted by molar-refractivity contribution is -0.438. The summed E-state index contributed by atoms with van der Waals surface area (Å²) in [4.78, 5) is 14.6. The number of nitrogens with zero attached hydrogens (tertiary/aromatic N) is 2. The van der Waals surface area contributed by atoms with E-state index in [4.69, 9.17) is 14.2 Å². The third-order valence-corrected chi connectivity index (χ3v) is 14.9. The van der Waals surface area contributed by atoms with Crippen molar-refractivity contribution in [1.29, 1.82) is 0 Å². The molecule has 1 amide bonds. The Morgan fingerprint density at radius 3 is 2.20 bits per heavy atom. The van der Waals surface area contributed by atoms with Gasteiger partial charge in [0, 0.05) is 67.0 Å². The summed E-state index contributed by atoms with van der Waals surface area (Å²) < 4.78 is 86.3. The number of amides is 1. The molecule has 0 spiro atoms. The molecule has 0 saturated carbocycles. The van der Waals surface area contributed by atoms with Crippen LogP contribution in [0.25, 0.3) is 0 Å². The molecule has 13 nitrogen and oxygen atoms in total. The molecule has 2 aliphatic heterocycles. The van der Waals surface area contributed by atoms with Gasteiger partial charge < -0.3 is 24.4 Å². The summed E-state index contributed by atoms with van der Waals surface area (Å²) >= 11 is 0. The number of rotatable bonds is 26. The maximum absolute atomic E-state index is 12.6. The average molecular weight is 987 g/mol. The second kappa shape index (κ2) is 24.3. The molecule has 3 N–H and O–H groups in total. The fraction of sp³-hybridized carbons (Fsp3) is 0.481. The average Bonchev–Trinajstić information content (AvgIpc) is 3.66. The number of hydrogen-bond acceptors (Lipinski definition) is 9. The second-order valence-electron chi connectivity index (χ2n) is 19.0. The van der Waals surface area contributed by atoms with Crippen LogP contribution in [0.2, 0.25) is 0 Å². The summed E-state index contributed by atoms with van der Waals surface area (Å²) in [5.74, 6) is 0.826. The number of hydrogen-bond donors (Lipinski definition) is 3. The SMILES string of the molecule is CCCCOCCOCCNC(=O)CCCCC[N+]1=C(/C=C/C2=C(Oc3ccc(S(=O)(=O)O)cc3)C(=C/C=C3/N(CCCCS(=O)(=O)O)c4ccccc4C3(C)C)/CCC2)C(C)(C)c2ccccc21. The molecule has 6 rings (SSSR count). The Labute approximate surface area is 410 Å². The largest absolute Gasteiger partial charge is 0.457 e. The molecule has 3 aromatic carbocycles. The zero-order valence-electron chi connectivity index (χ0n) is 41.0. The van der Waals surface area contributed by atoms with Crippen molar-refractivity contribution in [2.24, 2.45) is 0 Å². The van der Waals surface area contributed by atoms with E-state index in [0.29, 0.717) is 63.7 Å². The van der Waals surface area contributed by atoms with Crippen molar-refractivity contribution < 1.29 is 49.5 Å². The summed E-state index contributed by atoms with van der Waals surface area (Å²) in [7, 11) is -8.47. The Morgan fingerprint density at radius 2 is 1.48 bits per heavy atom. The molecular formula is C54H72N3O10S2+. The lowest BCUT2D eigenvalue weighted by atomic mass is 9.81. The summed E-state index contributed by atoms with van der Waals surface area (Å²) in [6.45, 7) is 15.1. The Balaban J connectivity index is 1.25. The zero-order valence-corrected chi connectivity index (χ0v) is 42.7. The van der Waals surface area contributed by atoms with Crippen LogP contribution in [0.4, 0.5) is 11.4 Å². The minimum atomic E-state index is -4.40. The Morgan fingerprint density at radius 1 is 0.768 bits per heavy atom. The van der Waals surface area contributed by atoms with Gasteiger partial charge in [-0.1, -0.05) is 69.7 Å². The number of para-hydroxylation sites is 2. The van der Waals surface area contributed by atoms with Crippen LogP contribution in [0.3, 0.4) is 0 Å². The summed E-state index contributed by atoms with van der Waals surface area (Å²) in [5.41, 5.74) is 8.07. The lowest BCUT2D eigenvalue weighted by Gasteiger charge is -2.27. The topological polar surface area (TPSA) is 172 Å². The number of carbonyl (C=O) groups excluding carboxylic acids is 1. The highest BCUT2D eigenvalue weighted by atomic mass is 32.2. The van der Waals surface area contributed by atoms with E-state index in [0.717, 1.165) is 98.3 Å². The maximum atomic E-state index is 12.6. The van der Waals surface area contributed by atoms with Crippen molar-refractivity contribution in [3.63, 3.8) is 0 Å².